The summed E-state index contributed by atoms with van der Waals surface area (Å²) < 4.78 is 0. The van der Waals surface area contributed by atoms with Crippen LogP contribution in [0.2, 0.25) is 0 Å². The minimum absolute atomic E-state index is 0.103. The van der Waals surface area contributed by atoms with E-state index in [-0.39, 0.29) is 16.3 Å². The first-order valence-corrected chi connectivity index (χ1v) is 8.09. The zero-order chi connectivity index (χ0) is 17.8. The molecule has 2 aromatic carbocycles. The van der Waals surface area contributed by atoms with Crippen LogP contribution in [0.25, 0.3) is 0 Å². The highest BCUT2D eigenvalue weighted by atomic mass is 16.6. The Bertz CT molecular complexity index is 753. The van der Waals surface area contributed by atoms with Gasteiger partial charge in [0, 0.05) is 35.5 Å². The number of nitrogens with zero attached hydrogens (tertiary/aromatic N) is 3. The predicted molar refractivity (Wildman–Crippen MR) is 92.8 cm³/mol. The number of nitro groups is 2. The maximum Gasteiger partial charge on any atom is 0.269 e. The maximum absolute atomic E-state index is 10.7. The molecule has 0 aliphatic carbocycles. The molecule has 0 atom stereocenters. The van der Waals surface area contributed by atoms with Crippen molar-refractivity contribution in [2.24, 2.45) is 0 Å². The van der Waals surface area contributed by atoms with Gasteiger partial charge in [0.15, 0.2) is 0 Å². The minimum Gasteiger partial charge on any atom is -0.360 e. The molecule has 25 heavy (non-hydrogen) atoms. The third-order valence-electron chi connectivity index (χ3n) is 4.50. The standard InChI is InChI=1S/C17H18N4O4/c22-20(23)16-3-1-14(2-4-16)13-18-9-11-19(12-10-18)15-5-7-17(8-6-15)21(24)25/h1-8H,9-13H2/p+1. The lowest BCUT2D eigenvalue weighted by Gasteiger charge is -2.33. The molecule has 0 amide bonds. The molecular weight excluding hydrogens is 324 g/mol. The number of quaternary nitrogens is 1. The van der Waals surface area contributed by atoms with Crippen molar-refractivity contribution < 1.29 is 14.7 Å². The molecular formula is C17H19N4O4+. The van der Waals surface area contributed by atoms with E-state index in [1.807, 2.05) is 12.1 Å². The Kier molecular flexibility index (Phi) is 4.90. The Hall–Kier alpha value is -3.00. The number of piperazine rings is 1. The third-order valence-corrected chi connectivity index (χ3v) is 4.50. The van der Waals surface area contributed by atoms with E-state index >= 15 is 0 Å². The van der Waals surface area contributed by atoms with E-state index in [1.54, 1.807) is 24.3 Å². The fraction of sp³-hybridized carbons (Fsp3) is 0.294. The van der Waals surface area contributed by atoms with Gasteiger partial charge in [-0.2, -0.15) is 0 Å². The molecule has 1 N–H and O–H groups in total. The summed E-state index contributed by atoms with van der Waals surface area (Å²) >= 11 is 0. The average Bonchev–Trinajstić information content (AvgIpc) is 2.63. The van der Waals surface area contributed by atoms with Gasteiger partial charge in [0.05, 0.1) is 36.0 Å². The van der Waals surface area contributed by atoms with Crippen molar-refractivity contribution >= 4 is 17.1 Å². The van der Waals surface area contributed by atoms with Crippen molar-refractivity contribution in [1.29, 1.82) is 0 Å². The number of benzene rings is 2. The normalized spacial score (nSPS) is 15.1. The molecule has 0 unspecified atom stereocenters. The minimum atomic E-state index is -0.393. The van der Waals surface area contributed by atoms with Gasteiger partial charge in [-0.05, 0) is 24.3 Å². The highest BCUT2D eigenvalue weighted by Crippen LogP contribution is 2.19. The monoisotopic (exact) mass is 343 g/mol. The summed E-state index contributed by atoms with van der Waals surface area (Å²) in [5.41, 5.74) is 2.30. The zero-order valence-corrected chi connectivity index (χ0v) is 13.6. The van der Waals surface area contributed by atoms with E-state index in [2.05, 4.69) is 4.90 Å². The molecule has 1 aliphatic heterocycles. The van der Waals surface area contributed by atoms with Gasteiger partial charge in [0.1, 0.15) is 6.54 Å². The van der Waals surface area contributed by atoms with Crippen LogP contribution in [0, 0.1) is 20.2 Å². The first kappa shape index (κ1) is 16.8. The quantitative estimate of drug-likeness (QED) is 0.654. The number of anilines is 1. The van der Waals surface area contributed by atoms with Crippen LogP contribution in [0.5, 0.6) is 0 Å². The summed E-state index contributed by atoms with van der Waals surface area (Å²) in [5, 5.41) is 21.4. The average molecular weight is 343 g/mol. The Morgan fingerprint density at radius 3 is 1.80 bits per heavy atom. The highest BCUT2D eigenvalue weighted by molar-refractivity contribution is 5.51. The number of hydrogen-bond acceptors (Lipinski definition) is 5. The van der Waals surface area contributed by atoms with Gasteiger partial charge >= 0.3 is 0 Å². The third kappa shape index (κ3) is 4.10. The van der Waals surface area contributed by atoms with E-state index in [0.29, 0.717) is 0 Å². The molecule has 0 spiro atoms. The first-order chi connectivity index (χ1) is 12.0. The van der Waals surface area contributed by atoms with Crippen molar-refractivity contribution in [1.82, 2.24) is 0 Å². The van der Waals surface area contributed by atoms with Gasteiger partial charge in [-0.3, -0.25) is 20.2 Å². The lowest BCUT2D eigenvalue weighted by atomic mass is 10.1. The topological polar surface area (TPSA) is 94.0 Å². The van der Waals surface area contributed by atoms with E-state index in [0.717, 1.165) is 44.0 Å². The molecule has 1 heterocycles. The van der Waals surface area contributed by atoms with Crippen LogP contribution in [0.1, 0.15) is 5.56 Å². The van der Waals surface area contributed by atoms with Crippen LogP contribution < -0.4 is 9.80 Å². The molecule has 0 bridgehead atoms. The van der Waals surface area contributed by atoms with Crippen molar-refractivity contribution in [2.45, 2.75) is 6.54 Å². The van der Waals surface area contributed by atoms with Crippen molar-refractivity contribution in [3.05, 3.63) is 74.3 Å². The van der Waals surface area contributed by atoms with Crippen molar-refractivity contribution in [3.8, 4) is 0 Å². The van der Waals surface area contributed by atoms with Crippen LogP contribution in [-0.4, -0.2) is 36.0 Å². The second-order valence-electron chi connectivity index (χ2n) is 6.11. The zero-order valence-electron chi connectivity index (χ0n) is 13.6. The fourth-order valence-electron chi connectivity index (χ4n) is 3.07. The molecule has 0 aromatic heterocycles. The number of rotatable bonds is 5. The largest absolute Gasteiger partial charge is 0.360 e. The van der Waals surface area contributed by atoms with Gasteiger partial charge < -0.3 is 9.80 Å². The van der Waals surface area contributed by atoms with Crippen LogP contribution >= 0.6 is 0 Å². The second kappa shape index (κ2) is 7.27. The van der Waals surface area contributed by atoms with Gasteiger partial charge in [-0.25, -0.2) is 0 Å². The molecule has 2 aromatic rings. The van der Waals surface area contributed by atoms with Crippen LogP contribution in [-0.2, 0) is 6.54 Å². The molecule has 1 fully saturated rings. The van der Waals surface area contributed by atoms with E-state index in [1.165, 1.54) is 17.0 Å². The van der Waals surface area contributed by atoms with Crippen LogP contribution in [0.15, 0.2) is 48.5 Å². The number of nitrogens with one attached hydrogen (secondary N) is 1. The van der Waals surface area contributed by atoms with E-state index in [4.69, 9.17) is 0 Å². The molecule has 3 rings (SSSR count). The predicted octanol–water partition coefficient (Wildman–Crippen LogP) is 1.41. The van der Waals surface area contributed by atoms with Crippen molar-refractivity contribution in [2.75, 3.05) is 31.1 Å². The molecule has 0 saturated carbocycles. The van der Waals surface area contributed by atoms with Crippen LogP contribution in [0.4, 0.5) is 17.1 Å². The number of nitro benzene ring substituents is 2. The van der Waals surface area contributed by atoms with Gasteiger partial charge in [-0.1, -0.05) is 0 Å². The van der Waals surface area contributed by atoms with Gasteiger partial charge in [0.25, 0.3) is 11.4 Å². The van der Waals surface area contributed by atoms with Crippen molar-refractivity contribution in [3.63, 3.8) is 0 Å². The van der Waals surface area contributed by atoms with Gasteiger partial charge in [0.2, 0.25) is 0 Å². The highest BCUT2D eigenvalue weighted by Gasteiger charge is 2.21. The molecule has 8 heteroatoms. The van der Waals surface area contributed by atoms with Gasteiger partial charge in [-0.15, -0.1) is 0 Å². The second-order valence-corrected chi connectivity index (χ2v) is 6.11. The summed E-state index contributed by atoms with van der Waals surface area (Å²) in [6.07, 6.45) is 0. The Labute approximate surface area is 144 Å². The number of hydrogen-bond donors (Lipinski definition) is 1. The Morgan fingerprint density at radius 2 is 1.32 bits per heavy atom. The van der Waals surface area contributed by atoms with E-state index in [9.17, 15) is 20.2 Å². The molecule has 1 saturated heterocycles. The molecule has 1 aliphatic rings. The smallest absolute Gasteiger partial charge is 0.269 e. The summed E-state index contributed by atoms with van der Waals surface area (Å²) in [4.78, 5) is 24.3. The Morgan fingerprint density at radius 1 is 0.840 bits per heavy atom. The summed E-state index contributed by atoms with van der Waals surface area (Å²) in [5.74, 6) is 0. The van der Waals surface area contributed by atoms with Crippen LogP contribution in [0.3, 0.4) is 0 Å². The fourth-order valence-corrected chi connectivity index (χ4v) is 3.07. The van der Waals surface area contributed by atoms with E-state index < -0.39 is 4.92 Å². The summed E-state index contributed by atoms with van der Waals surface area (Å²) in [6.45, 7) is 4.49. The SMILES string of the molecule is O=[N+]([O-])c1ccc(C[NH+]2CCN(c3ccc([N+](=O)[O-])cc3)CC2)cc1. The first-order valence-electron chi connectivity index (χ1n) is 8.09. The maximum atomic E-state index is 10.7. The molecule has 130 valence electrons. The summed E-state index contributed by atoms with van der Waals surface area (Å²) in [7, 11) is 0. The Balaban J connectivity index is 1.54. The lowest BCUT2D eigenvalue weighted by molar-refractivity contribution is -0.914. The number of non-ortho nitro benzene ring substituents is 2. The molecule has 0 radical (unpaired) electrons. The lowest BCUT2D eigenvalue weighted by Crippen LogP contribution is -3.13. The summed E-state index contributed by atoms with van der Waals surface area (Å²) in [6, 6.07) is 13.4. The molecule has 8 nitrogen and oxygen atoms in total.